The highest BCUT2D eigenvalue weighted by atomic mass is 32.1. The first kappa shape index (κ1) is 15.6. The molecule has 0 amide bonds. The number of carbonyl (C=O) groups excluding carboxylic acids is 1. The average Bonchev–Trinajstić information content (AvgIpc) is 2.99. The third kappa shape index (κ3) is 2.71. The number of hydrazine groups is 1. The molecule has 3 rings (SSSR count). The number of esters is 1. The number of allylic oxidation sites excluding steroid dienone is 1. The van der Waals surface area contributed by atoms with E-state index in [-0.39, 0.29) is 13.4 Å². The summed E-state index contributed by atoms with van der Waals surface area (Å²) in [5.74, 6) is 6.77. The van der Waals surface area contributed by atoms with Gasteiger partial charge in [0.15, 0.2) is 16.6 Å². The van der Waals surface area contributed by atoms with E-state index in [1.807, 2.05) is 12.1 Å². The Morgan fingerprint density at radius 2 is 2.22 bits per heavy atom. The van der Waals surface area contributed by atoms with Crippen molar-refractivity contribution in [2.75, 3.05) is 13.4 Å². The molecule has 1 aromatic rings. The molecule has 7 nitrogen and oxygen atoms in total. The van der Waals surface area contributed by atoms with Crippen molar-refractivity contribution in [3.8, 4) is 11.5 Å². The lowest BCUT2D eigenvalue weighted by molar-refractivity contribution is -0.139. The van der Waals surface area contributed by atoms with E-state index in [0.29, 0.717) is 27.9 Å². The molecule has 0 radical (unpaired) electrons. The van der Waals surface area contributed by atoms with Crippen LogP contribution in [0.3, 0.4) is 0 Å². The van der Waals surface area contributed by atoms with Gasteiger partial charge in [0.1, 0.15) is 0 Å². The predicted octanol–water partition coefficient (Wildman–Crippen LogP) is 1.36. The summed E-state index contributed by atoms with van der Waals surface area (Å²) in [6.07, 6.45) is 0. The van der Waals surface area contributed by atoms with Gasteiger partial charge in [0, 0.05) is 5.70 Å². The van der Waals surface area contributed by atoms with E-state index in [1.54, 1.807) is 19.9 Å². The van der Waals surface area contributed by atoms with Crippen molar-refractivity contribution < 1.29 is 19.0 Å². The summed E-state index contributed by atoms with van der Waals surface area (Å²) in [6, 6.07) is 5.01. The molecule has 2 heterocycles. The van der Waals surface area contributed by atoms with Gasteiger partial charge < -0.3 is 19.5 Å². The Balaban J connectivity index is 2.04. The molecular formula is C15H17N3O4S. The molecule has 1 aromatic carbocycles. The Hall–Kier alpha value is -2.32. The molecule has 1 atom stereocenters. The monoisotopic (exact) mass is 335 g/mol. The molecule has 0 fully saturated rings. The van der Waals surface area contributed by atoms with E-state index in [1.165, 1.54) is 5.01 Å². The molecular weight excluding hydrogens is 318 g/mol. The maximum Gasteiger partial charge on any atom is 0.338 e. The Bertz CT molecular complexity index is 704. The summed E-state index contributed by atoms with van der Waals surface area (Å²) in [5.41, 5.74) is 1.78. The summed E-state index contributed by atoms with van der Waals surface area (Å²) in [4.78, 5) is 12.4. The predicted molar refractivity (Wildman–Crippen MR) is 86.4 cm³/mol. The molecule has 0 unspecified atom stereocenters. The zero-order chi connectivity index (χ0) is 16.6. The SMILES string of the molecule is CCOC(=O)C1=C(C)N(N)C(=S)N[C@H]1c1ccc2c(c1)OCO2. The number of nitrogens with zero attached hydrogens (tertiary/aromatic N) is 1. The first-order valence-electron chi connectivity index (χ1n) is 7.15. The highest BCUT2D eigenvalue weighted by Gasteiger charge is 2.34. The second-order valence-electron chi connectivity index (χ2n) is 5.08. The van der Waals surface area contributed by atoms with Crippen LogP contribution >= 0.6 is 12.2 Å². The molecule has 23 heavy (non-hydrogen) atoms. The Labute approximate surface area is 138 Å². The quantitative estimate of drug-likeness (QED) is 0.486. The zero-order valence-corrected chi connectivity index (χ0v) is 13.6. The highest BCUT2D eigenvalue weighted by Crippen LogP contribution is 2.37. The van der Waals surface area contributed by atoms with E-state index in [0.717, 1.165) is 5.56 Å². The van der Waals surface area contributed by atoms with Crippen molar-refractivity contribution in [2.45, 2.75) is 19.9 Å². The standard InChI is InChI=1S/C15H17N3O4S/c1-3-20-14(19)12-8(2)18(16)15(23)17-13(12)9-4-5-10-11(6-9)22-7-21-10/h4-6,13H,3,7,16H2,1-2H3,(H,17,23)/t13-/m0/s1. The number of carbonyl (C=O) groups is 1. The molecule has 2 aliphatic heterocycles. The second-order valence-corrected chi connectivity index (χ2v) is 5.47. The van der Waals surface area contributed by atoms with Crippen LogP contribution < -0.4 is 20.6 Å². The van der Waals surface area contributed by atoms with Crippen molar-refractivity contribution in [2.24, 2.45) is 5.84 Å². The van der Waals surface area contributed by atoms with Crippen LogP contribution in [0.25, 0.3) is 0 Å². The van der Waals surface area contributed by atoms with Gasteiger partial charge in [0.25, 0.3) is 0 Å². The van der Waals surface area contributed by atoms with E-state index >= 15 is 0 Å². The van der Waals surface area contributed by atoms with E-state index in [9.17, 15) is 4.79 Å². The molecule has 0 aromatic heterocycles. The second kappa shape index (κ2) is 6.05. The Morgan fingerprint density at radius 3 is 2.96 bits per heavy atom. The average molecular weight is 335 g/mol. The van der Waals surface area contributed by atoms with Gasteiger partial charge >= 0.3 is 5.97 Å². The van der Waals surface area contributed by atoms with Gasteiger partial charge in [-0.3, -0.25) is 5.01 Å². The lowest BCUT2D eigenvalue weighted by atomic mass is 9.95. The molecule has 122 valence electrons. The summed E-state index contributed by atoms with van der Waals surface area (Å²) in [5, 5.41) is 4.67. The maximum absolute atomic E-state index is 12.4. The summed E-state index contributed by atoms with van der Waals surface area (Å²) in [7, 11) is 0. The van der Waals surface area contributed by atoms with Crippen LogP contribution in [0.2, 0.25) is 0 Å². The summed E-state index contributed by atoms with van der Waals surface area (Å²) >= 11 is 5.23. The molecule has 0 aliphatic carbocycles. The van der Waals surface area contributed by atoms with Crippen LogP contribution in [-0.4, -0.2) is 29.5 Å². The number of benzene rings is 1. The minimum absolute atomic E-state index is 0.186. The number of ether oxygens (including phenoxy) is 3. The lowest BCUT2D eigenvalue weighted by Crippen LogP contribution is -2.50. The first-order valence-corrected chi connectivity index (χ1v) is 7.56. The Kier molecular flexibility index (Phi) is 4.10. The van der Waals surface area contributed by atoms with E-state index in [2.05, 4.69) is 5.32 Å². The van der Waals surface area contributed by atoms with Crippen molar-refractivity contribution >= 4 is 23.3 Å². The third-order valence-corrected chi connectivity index (χ3v) is 4.07. The zero-order valence-electron chi connectivity index (χ0n) is 12.8. The van der Waals surface area contributed by atoms with Crippen molar-refractivity contribution in [3.63, 3.8) is 0 Å². The number of hydrogen-bond acceptors (Lipinski definition) is 6. The number of rotatable bonds is 3. The number of hydrogen-bond donors (Lipinski definition) is 2. The first-order chi connectivity index (χ1) is 11.0. The molecule has 8 heteroatoms. The number of fused-ring (bicyclic) bond motifs is 1. The number of nitrogens with two attached hydrogens (primary N) is 1. The van der Waals surface area contributed by atoms with Gasteiger partial charge in [0.2, 0.25) is 6.79 Å². The van der Waals surface area contributed by atoms with Gasteiger partial charge in [0.05, 0.1) is 18.2 Å². The van der Waals surface area contributed by atoms with Crippen LogP contribution in [-0.2, 0) is 9.53 Å². The van der Waals surface area contributed by atoms with Gasteiger partial charge in [-0.05, 0) is 43.8 Å². The number of thiocarbonyl (C=S) groups is 1. The van der Waals surface area contributed by atoms with Crippen molar-refractivity contribution in [3.05, 3.63) is 35.0 Å². The van der Waals surface area contributed by atoms with E-state index in [4.69, 9.17) is 32.3 Å². The minimum atomic E-state index is -0.462. The molecule has 0 saturated heterocycles. The van der Waals surface area contributed by atoms with Gasteiger partial charge in [-0.2, -0.15) is 0 Å². The summed E-state index contributed by atoms with van der Waals surface area (Å²) in [6.45, 7) is 3.95. The smallest absolute Gasteiger partial charge is 0.338 e. The van der Waals surface area contributed by atoms with Crippen molar-refractivity contribution in [1.29, 1.82) is 0 Å². The molecule has 0 spiro atoms. The fourth-order valence-corrected chi connectivity index (χ4v) is 2.83. The van der Waals surface area contributed by atoms with E-state index < -0.39 is 12.0 Å². The normalized spacial score (nSPS) is 19.7. The fraction of sp³-hybridized carbons (Fsp3) is 0.333. The molecule has 3 N–H and O–H groups in total. The fourth-order valence-electron chi connectivity index (χ4n) is 2.57. The molecule has 0 bridgehead atoms. The molecule has 0 saturated carbocycles. The van der Waals surface area contributed by atoms with Crippen LogP contribution in [0, 0.1) is 0 Å². The minimum Gasteiger partial charge on any atom is -0.463 e. The number of nitrogens with one attached hydrogen (secondary N) is 1. The third-order valence-electron chi connectivity index (χ3n) is 3.75. The van der Waals surface area contributed by atoms with Crippen molar-refractivity contribution in [1.82, 2.24) is 10.3 Å². The largest absolute Gasteiger partial charge is 0.463 e. The van der Waals surface area contributed by atoms with Gasteiger partial charge in [-0.25, -0.2) is 10.6 Å². The summed E-state index contributed by atoms with van der Waals surface area (Å²) < 4.78 is 15.9. The topological polar surface area (TPSA) is 86.1 Å². The molecule has 2 aliphatic rings. The van der Waals surface area contributed by atoms with Gasteiger partial charge in [-0.1, -0.05) is 6.07 Å². The maximum atomic E-state index is 12.4. The van der Waals surface area contributed by atoms with Gasteiger partial charge in [-0.15, -0.1) is 0 Å². The van der Waals surface area contributed by atoms with Crippen LogP contribution in [0.1, 0.15) is 25.5 Å². The highest BCUT2D eigenvalue weighted by molar-refractivity contribution is 7.80. The lowest BCUT2D eigenvalue weighted by Gasteiger charge is -2.34. The van der Waals surface area contributed by atoms with Crippen LogP contribution in [0.15, 0.2) is 29.5 Å². The Morgan fingerprint density at radius 1 is 1.48 bits per heavy atom. The van der Waals surface area contributed by atoms with Crippen LogP contribution in [0.4, 0.5) is 0 Å². The van der Waals surface area contributed by atoms with Crippen LogP contribution in [0.5, 0.6) is 11.5 Å².